The van der Waals surface area contributed by atoms with Crippen molar-refractivity contribution >= 4 is 0 Å². The van der Waals surface area contributed by atoms with Crippen LogP contribution in [0.2, 0.25) is 0 Å². The molecule has 0 amide bonds. The second-order valence-corrected chi connectivity index (χ2v) is 5.15. The Bertz CT molecular complexity index is 440. The average Bonchev–Trinajstić information content (AvgIpc) is 2.37. The van der Waals surface area contributed by atoms with Crippen LogP contribution in [0.25, 0.3) is 0 Å². The van der Waals surface area contributed by atoms with E-state index in [2.05, 4.69) is 5.32 Å². The molecule has 1 aliphatic carbocycles. The summed E-state index contributed by atoms with van der Waals surface area (Å²) in [4.78, 5) is 0. The third kappa shape index (κ3) is 2.27. The van der Waals surface area contributed by atoms with Crippen molar-refractivity contribution in [2.75, 3.05) is 7.05 Å². The minimum absolute atomic E-state index is 0.0974. The van der Waals surface area contributed by atoms with Gasteiger partial charge in [0.25, 0.3) is 0 Å². The number of aryl methyl sites for hydroxylation is 1. The molecular weight excluding hydrogens is 236 g/mol. The lowest BCUT2D eigenvalue weighted by Gasteiger charge is -2.36. The van der Waals surface area contributed by atoms with Crippen LogP contribution in [0.15, 0.2) is 12.1 Å². The molecule has 0 atom stereocenters. The van der Waals surface area contributed by atoms with E-state index in [9.17, 15) is 13.9 Å². The Morgan fingerprint density at radius 1 is 1.22 bits per heavy atom. The third-order valence-corrected chi connectivity index (χ3v) is 4.00. The van der Waals surface area contributed by atoms with E-state index >= 15 is 0 Å². The van der Waals surface area contributed by atoms with E-state index in [0.29, 0.717) is 18.9 Å². The summed E-state index contributed by atoms with van der Waals surface area (Å²) < 4.78 is 27.5. The number of benzene rings is 1. The van der Waals surface area contributed by atoms with Crippen molar-refractivity contribution in [2.45, 2.75) is 44.2 Å². The second kappa shape index (κ2) is 4.94. The largest absolute Gasteiger partial charge is 0.385 e. The second-order valence-electron chi connectivity index (χ2n) is 5.15. The van der Waals surface area contributed by atoms with Crippen LogP contribution in [0, 0.1) is 18.6 Å². The van der Waals surface area contributed by atoms with E-state index in [1.54, 1.807) is 0 Å². The van der Waals surface area contributed by atoms with Gasteiger partial charge in [0.1, 0.15) is 0 Å². The van der Waals surface area contributed by atoms with Gasteiger partial charge in [0.2, 0.25) is 0 Å². The molecule has 0 spiro atoms. The standard InChI is InChI=1S/C14H19F2NO/c1-9-3-4-11(13(16)12(9)15)14(18)7-5-10(17-2)6-8-14/h3-4,10,17-18H,5-8H2,1-2H3. The van der Waals surface area contributed by atoms with Crippen molar-refractivity contribution in [3.63, 3.8) is 0 Å². The van der Waals surface area contributed by atoms with Crippen LogP contribution in [-0.2, 0) is 5.60 Å². The molecule has 1 aliphatic rings. The van der Waals surface area contributed by atoms with Crippen molar-refractivity contribution in [1.29, 1.82) is 0 Å². The highest BCUT2D eigenvalue weighted by molar-refractivity contribution is 5.30. The molecule has 1 fully saturated rings. The summed E-state index contributed by atoms with van der Waals surface area (Å²) in [7, 11) is 1.88. The highest BCUT2D eigenvalue weighted by Crippen LogP contribution is 2.39. The number of halogens is 2. The molecule has 2 N–H and O–H groups in total. The van der Waals surface area contributed by atoms with E-state index in [0.717, 1.165) is 12.8 Å². The van der Waals surface area contributed by atoms with Crippen LogP contribution >= 0.6 is 0 Å². The van der Waals surface area contributed by atoms with Crippen LogP contribution in [0.5, 0.6) is 0 Å². The lowest BCUT2D eigenvalue weighted by atomic mass is 9.77. The Labute approximate surface area is 106 Å². The van der Waals surface area contributed by atoms with E-state index in [1.165, 1.54) is 19.1 Å². The van der Waals surface area contributed by atoms with Gasteiger partial charge in [0.05, 0.1) is 5.60 Å². The monoisotopic (exact) mass is 255 g/mol. The molecule has 1 saturated carbocycles. The van der Waals surface area contributed by atoms with Crippen molar-refractivity contribution < 1.29 is 13.9 Å². The van der Waals surface area contributed by atoms with E-state index in [1.807, 2.05) is 7.05 Å². The zero-order chi connectivity index (χ0) is 13.3. The number of rotatable bonds is 2. The molecule has 1 aromatic rings. The first-order valence-electron chi connectivity index (χ1n) is 6.32. The predicted molar refractivity (Wildman–Crippen MR) is 66.3 cm³/mol. The molecule has 0 saturated heterocycles. The molecule has 0 heterocycles. The van der Waals surface area contributed by atoms with Gasteiger partial charge in [-0.1, -0.05) is 12.1 Å². The van der Waals surface area contributed by atoms with Gasteiger partial charge in [0, 0.05) is 11.6 Å². The van der Waals surface area contributed by atoms with Crippen LogP contribution < -0.4 is 5.32 Å². The maximum absolute atomic E-state index is 13.9. The lowest BCUT2D eigenvalue weighted by molar-refractivity contribution is -0.0111. The van der Waals surface area contributed by atoms with Crippen molar-refractivity contribution in [1.82, 2.24) is 5.32 Å². The summed E-state index contributed by atoms with van der Waals surface area (Å²) in [5.41, 5.74) is -0.865. The van der Waals surface area contributed by atoms with E-state index < -0.39 is 17.2 Å². The molecular formula is C14H19F2NO. The molecule has 2 rings (SSSR count). The quantitative estimate of drug-likeness (QED) is 0.851. The topological polar surface area (TPSA) is 32.3 Å². The van der Waals surface area contributed by atoms with Gasteiger partial charge in [-0.3, -0.25) is 0 Å². The zero-order valence-corrected chi connectivity index (χ0v) is 10.8. The molecule has 0 aromatic heterocycles. The SMILES string of the molecule is CNC1CCC(O)(c2ccc(C)c(F)c2F)CC1. The highest BCUT2D eigenvalue weighted by Gasteiger charge is 2.37. The Hall–Kier alpha value is -1.00. The number of hydrogen-bond donors (Lipinski definition) is 2. The summed E-state index contributed by atoms with van der Waals surface area (Å²) in [5, 5.41) is 13.7. The summed E-state index contributed by atoms with van der Waals surface area (Å²) in [5.74, 6) is -1.75. The van der Waals surface area contributed by atoms with Crippen LogP contribution in [0.3, 0.4) is 0 Å². The van der Waals surface area contributed by atoms with Gasteiger partial charge in [-0.2, -0.15) is 0 Å². The maximum Gasteiger partial charge on any atom is 0.165 e. The van der Waals surface area contributed by atoms with Crippen molar-refractivity contribution in [3.05, 3.63) is 34.9 Å². The third-order valence-electron chi connectivity index (χ3n) is 4.00. The fourth-order valence-electron chi connectivity index (χ4n) is 2.66. The average molecular weight is 255 g/mol. The van der Waals surface area contributed by atoms with Gasteiger partial charge in [-0.25, -0.2) is 8.78 Å². The van der Waals surface area contributed by atoms with Crippen molar-refractivity contribution in [2.24, 2.45) is 0 Å². The fourth-order valence-corrected chi connectivity index (χ4v) is 2.66. The molecule has 1 aromatic carbocycles. The molecule has 2 nitrogen and oxygen atoms in total. The Morgan fingerprint density at radius 2 is 1.83 bits per heavy atom. The molecule has 100 valence electrons. The molecule has 0 bridgehead atoms. The summed E-state index contributed by atoms with van der Waals surface area (Å²) in [6.07, 6.45) is 2.44. The van der Waals surface area contributed by atoms with Gasteiger partial charge in [-0.05, 0) is 45.2 Å². The molecule has 4 heteroatoms. The minimum atomic E-state index is -1.23. The first-order chi connectivity index (χ1) is 8.48. The summed E-state index contributed by atoms with van der Waals surface area (Å²) in [6.45, 7) is 1.52. The van der Waals surface area contributed by atoms with Crippen molar-refractivity contribution in [3.8, 4) is 0 Å². The van der Waals surface area contributed by atoms with E-state index in [-0.39, 0.29) is 11.1 Å². The van der Waals surface area contributed by atoms with Gasteiger partial charge >= 0.3 is 0 Å². The Kier molecular flexibility index (Phi) is 3.69. The maximum atomic E-state index is 13.9. The predicted octanol–water partition coefficient (Wildman–Crippen LogP) is 2.62. The first-order valence-corrected chi connectivity index (χ1v) is 6.32. The Balaban J connectivity index is 2.29. The van der Waals surface area contributed by atoms with Gasteiger partial charge in [0.15, 0.2) is 11.6 Å². The first kappa shape index (κ1) is 13.4. The number of hydrogen-bond acceptors (Lipinski definition) is 2. The lowest BCUT2D eigenvalue weighted by Crippen LogP contribution is -2.39. The van der Waals surface area contributed by atoms with Crippen LogP contribution in [-0.4, -0.2) is 18.2 Å². The zero-order valence-electron chi connectivity index (χ0n) is 10.8. The fraction of sp³-hybridized carbons (Fsp3) is 0.571. The van der Waals surface area contributed by atoms with Gasteiger partial charge < -0.3 is 10.4 Å². The van der Waals surface area contributed by atoms with Crippen LogP contribution in [0.1, 0.15) is 36.8 Å². The number of nitrogens with one attached hydrogen (secondary N) is 1. The number of aliphatic hydroxyl groups is 1. The molecule has 18 heavy (non-hydrogen) atoms. The summed E-state index contributed by atoms with van der Waals surface area (Å²) in [6, 6.07) is 3.38. The molecule has 0 unspecified atom stereocenters. The van der Waals surface area contributed by atoms with Crippen LogP contribution in [0.4, 0.5) is 8.78 Å². The smallest absolute Gasteiger partial charge is 0.165 e. The minimum Gasteiger partial charge on any atom is -0.385 e. The Morgan fingerprint density at radius 3 is 2.39 bits per heavy atom. The highest BCUT2D eigenvalue weighted by atomic mass is 19.2. The normalized spacial score (nSPS) is 28.4. The van der Waals surface area contributed by atoms with Gasteiger partial charge in [-0.15, -0.1) is 0 Å². The van der Waals surface area contributed by atoms with E-state index in [4.69, 9.17) is 0 Å². The summed E-state index contributed by atoms with van der Waals surface area (Å²) >= 11 is 0. The molecule has 0 radical (unpaired) electrons. The molecule has 0 aliphatic heterocycles.